The Hall–Kier alpha value is -2.01. The molecule has 5 heteroatoms. The predicted octanol–water partition coefficient (Wildman–Crippen LogP) is 1.99. The first kappa shape index (κ1) is 12.0. The number of benzene rings is 1. The molecule has 1 aliphatic rings. The maximum absolute atomic E-state index is 10.3. The second kappa shape index (κ2) is 4.59. The molecule has 100 valence electrons. The van der Waals surface area contributed by atoms with E-state index in [0.717, 1.165) is 17.0 Å². The zero-order chi connectivity index (χ0) is 13.4. The molecule has 0 spiro atoms. The molecule has 1 aromatic carbocycles. The van der Waals surface area contributed by atoms with Crippen LogP contribution >= 0.6 is 0 Å². The highest BCUT2D eigenvalue weighted by molar-refractivity contribution is 5.43. The van der Waals surface area contributed by atoms with Crippen molar-refractivity contribution in [1.29, 1.82) is 0 Å². The van der Waals surface area contributed by atoms with Gasteiger partial charge in [-0.2, -0.15) is 0 Å². The van der Waals surface area contributed by atoms with E-state index >= 15 is 0 Å². The maximum Gasteiger partial charge on any atom is 0.143 e. The Bertz CT molecular complexity index is 594. The first-order valence-corrected chi connectivity index (χ1v) is 6.18. The number of hydrogen-bond acceptors (Lipinski definition) is 4. The lowest BCUT2D eigenvalue weighted by molar-refractivity contribution is 0.0620. The molecule has 19 heavy (non-hydrogen) atoms. The predicted molar refractivity (Wildman–Crippen MR) is 69.1 cm³/mol. The van der Waals surface area contributed by atoms with Gasteiger partial charge in [0.05, 0.1) is 31.4 Å². The molecule has 0 aliphatic carbocycles. The molecule has 5 nitrogen and oxygen atoms in total. The lowest BCUT2D eigenvalue weighted by Crippen LogP contribution is -2.20. The van der Waals surface area contributed by atoms with Crippen molar-refractivity contribution in [3.63, 3.8) is 0 Å². The quantitative estimate of drug-likeness (QED) is 0.897. The number of rotatable bonds is 2. The minimum atomic E-state index is -0.557. The minimum Gasteiger partial charge on any atom is -0.497 e. The number of imidazole rings is 1. The van der Waals surface area contributed by atoms with E-state index in [9.17, 15) is 5.11 Å². The number of nitrogens with zero attached hydrogens (tertiary/aromatic N) is 2. The average Bonchev–Trinajstić information content (AvgIpc) is 2.84. The smallest absolute Gasteiger partial charge is 0.143 e. The standard InChI is InChI=1S/C14H16N2O3/c1-16-8-15-7-11(16)14-6-12(17)10-5-9(18-2)3-4-13(10)19-14/h3-5,7-8,12,14,17H,6H2,1-2H3/t12-,14?/m0/s1. The summed E-state index contributed by atoms with van der Waals surface area (Å²) >= 11 is 0. The third-order valence-corrected chi connectivity index (χ3v) is 3.47. The van der Waals surface area contributed by atoms with Crippen molar-refractivity contribution in [3.05, 3.63) is 42.0 Å². The molecule has 1 aliphatic heterocycles. The number of aryl methyl sites for hydroxylation is 1. The molecule has 0 radical (unpaired) electrons. The summed E-state index contributed by atoms with van der Waals surface area (Å²) in [5.41, 5.74) is 1.73. The van der Waals surface area contributed by atoms with Gasteiger partial charge in [0, 0.05) is 19.0 Å². The van der Waals surface area contributed by atoms with Crippen LogP contribution in [0.15, 0.2) is 30.7 Å². The van der Waals surface area contributed by atoms with E-state index in [4.69, 9.17) is 9.47 Å². The molecular weight excluding hydrogens is 244 g/mol. The molecule has 2 aromatic rings. The van der Waals surface area contributed by atoms with Gasteiger partial charge in [-0.25, -0.2) is 4.98 Å². The van der Waals surface area contributed by atoms with E-state index in [-0.39, 0.29) is 6.10 Å². The Kier molecular flexibility index (Phi) is 2.91. The zero-order valence-electron chi connectivity index (χ0n) is 10.9. The summed E-state index contributed by atoms with van der Waals surface area (Å²) in [5.74, 6) is 1.42. The fourth-order valence-electron chi connectivity index (χ4n) is 2.41. The number of fused-ring (bicyclic) bond motifs is 1. The lowest BCUT2D eigenvalue weighted by atomic mass is 9.97. The number of aromatic nitrogens is 2. The first-order valence-electron chi connectivity index (χ1n) is 6.18. The van der Waals surface area contributed by atoms with Crippen molar-refractivity contribution in [1.82, 2.24) is 9.55 Å². The first-order chi connectivity index (χ1) is 9.19. The largest absolute Gasteiger partial charge is 0.497 e. The third kappa shape index (κ3) is 2.06. The molecule has 0 saturated carbocycles. The van der Waals surface area contributed by atoms with Crippen LogP contribution < -0.4 is 9.47 Å². The Morgan fingerprint density at radius 2 is 2.32 bits per heavy atom. The molecule has 0 amide bonds. The molecule has 0 fully saturated rings. The van der Waals surface area contributed by atoms with Crippen LogP contribution in [0.25, 0.3) is 0 Å². The van der Waals surface area contributed by atoms with Crippen molar-refractivity contribution in [3.8, 4) is 11.5 Å². The Morgan fingerprint density at radius 3 is 3.00 bits per heavy atom. The summed E-state index contributed by atoms with van der Waals surface area (Å²) < 4.78 is 13.0. The highest BCUT2D eigenvalue weighted by Crippen LogP contribution is 2.41. The normalized spacial score (nSPS) is 21.6. The van der Waals surface area contributed by atoms with Crippen LogP contribution in [-0.4, -0.2) is 21.8 Å². The van der Waals surface area contributed by atoms with Crippen LogP contribution in [0, 0.1) is 0 Å². The van der Waals surface area contributed by atoms with Crippen LogP contribution in [0.4, 0.5) is 0 Å². The summed E-state index contributed by atoms with van der Waals surface area (Å²) in [4.78, 5) is 4.09. The summed E-state index contributed by atoms with van der Waals surface area (Å²) in [5, 5.41) is 10.3. The van der Waals surface area contributed by atoms with Crippen molar-refractivity contribution in [2.24, 2.45) is 7.05 Å². The second-order valence-electron chi connectivity index (χ2n) is 4.69. The molecule has 0 bridgehead atoms. The van der Waals surface area contributed by atoms with Crippen molar-refractivity contribution >= 4 is 0 Å². The van der Waals surface area contributed by atoms with E-state index in [1.54, 1.807) is 19.6 Å². The molecule has 2 heterocycles. The van der Waals surface area contributed by atoms with Gasteiger partial charge in [-0.1, -0.05) is 0 Å². The van der Waals surface area contributed by atoms with Crippen molar-refractivity contribution < 1.29 is 14.6 Å². The van der Waals surface area contributed by atoms with Gasteiger partial charge in [-0.3, -0.25) is 0 Å². The molecule has 1 unspecified atom stereocenters. The Balaban J connectivity index is 1.94. The van der Waals surface area contributed by atoms with Gasteiger partial charge in [0.1, 0.15) is 17.6 Å². The highest BCUT2D eigenvalue weighted by Gasteiger charge is 2.29. The fourth-order valence-corrected chi connectivity index (χ4v) is 2.41. The van der Waals surface area contributed by atoms with Gasteiger partial charge < -0.3 is 19.1 Å². The molecule has 3 rings (SSSR count). The van der Waals surface area contributed by atoms with Gasteiger partial charge in [0.25, 0.3) is 0 Å². The van der Waals surface area contributed by atoms with E-state index in [2.05, 4.69) is 4.98 Å². The van der Waals surface area contributed by atoms with Gasteiger partial charge >= 0.3 is 0 Å². The Morgan fingerprint density at radius 1 is 1.47 bits per heavy atom. The van der Waals surface area contributed by atoms with Crippen molar-refractivity contribution in [2.45, 2.75) is 18.6 Å². The van der Waals surface area contributed by atoms with Gasteiger partial charge in [-0.05, 0) is 18.2 Å². The third-order valence-electron chi connectivity index (χ3n) is 3.47. The van der Waals surface area contributed by atoms with Crippen LogP contribution in [0.5, 0.6) is 11.5 Å². The van der Waals surface area contributed by atoms with Crippen LogP contribution in [0.3, 0.4) is 0 Å². The molecular formula is C14H16N2O3. The summed E-state index contributed by atoms with van der Waals surface area (Å²) in [6.07, 6.45) is 3.28. The number of aliphatic hydroxyl groups is 1. The van der Waals surface area contributed by atoms with E-state index in [1.165, 1.54) is 0 Å². The number of hydrogen-bond donors (Lipinski definition) is 1. The topological polar surface area (TPSA) is 56.5 Å². The minimum absolute atomic E-state index is 0.177. The van der Waals surface area contributed by atoms with Crippen LogP contribution in [0.2, 0.25) is 0 Å². The fraction of sp³-hybridized carbons (Fsp3) is 0.357. The van der Waals surface area contributed by atoms with E-state index in [1.807, 2.05) is 29.8 Å². The van der Waals surface area contributed by atoms with Gasteiger partial charge in [0.15, 0.2) is 0 Å². The average molecular weight is 260 g/mol. The molecule has 1 N–H and O–H groups in total. The van der Waals surface area contributed by atoms with Crippen molar-refractivity contribution in [2.75, 3.05) is 7.11 Å². The SMILES string of the molecule is COc1ccc2c(c1)[C@@H](O)CC(c1cncn1C)O2. The Labute approximate surface area is 111 Å². The molecule has 0 saturated heterocycles. The number of ether oxygens (including phenoxy) is 2. The molecule has 1 aromatic heterocycles. The summed E-state index contributed by atoms with van der Waals surface area (Å²) in [6, 6.07) is 5.48. The number of aliphatic hydroxyl groups excluding tert-OH is 1. The van der Waals surface area contributed by atoms with E-state index in [0.29, 0.717) is 12.2 Å². The van der Waals surface area contributed by atoms with Gasteiger partial charge in [0.2, 0.25) is 0 Å². The van der Waals surface area contributed by atoms with Gasteiger partial charge in [-0.15, -0.1) is 0 Å². The summed E-state index contributed by atoms with van der Waals surface area (Å²) in [7, 11) is 3.53. The van der Waals surface area contributed by atoms with Crippen LogP contribution in [0.1, 0.15) is 29.9 Å². The highest BCUT2D eigenvalue weighted by atomic mass is 16.5. The number of methoxy groups -OCH3 is 1. The second-order valence-corrected chi connectivity index (χ2v) is 4.69. The lowest BCUT2D eigenvalue weighted by Gasteiger charge is -2.29. The maximum atomic E-state index is 10.3. The van der Waals surface area contributed by atoms with E-state index < -0.39 is 6.10 Å². The summed E-state index contributed by atoms with van der Waals surface area (Å²) in [6.45, 7) is 0. The zero-order valence-corrected chi connectivity index (χ0v) is 10.9. The van der Waals surface area contributed by atoms with Crippen LogP contribution in [-0.2, 0) is 7.05 Å². The monoisotopic (exact) mass is 260 g/mol. The molecule has 2 atom stereocenters.